The van der Waals surface area contributed by atoms with Gasteiger partial charge >= 0.3 is 12.0 Å². The van der Waals surface area contributed by atoms with Crippen LogP contribution in [0.2, 0.25) is 0 Å². The standard InChI is InChI=1S/C14H19N3O4/c1-8(2)11(16-14(15)21)12(18)17(3)10-6-4-9(5-7-10)13(19)20/h4-8,11H,1-3H3,(H,19,20)(H3,15,16,21). The number of hydrogen-bond acceptors (Lipinski definition) is 3. The summed E-state index contributed by atoms with van der Waals surface area (Å²) in [6, 6.07) is 4.37. The highest BCUT2D eigenvalue weighted by molar-refractivity contribution is 5.99. The molecule has 0 saturated heterocycles. The number of nitrogens with two attached hydrogens (primary N) is 1. The zero-order valence-corrected chi connectivity index (χ0v) is 12.2. The molecule has 7 heteroatoms. The summed E-state index contributed by atoms with van der Waals surface area (Å²) in [5, 5.41) is 11.3. The summed E-state index contributed by atoms with van der Waals surface area (Å²) >= 11 is 0. The number of rotatable bonds is 5. The Hall–Kier alpha value is -2.57. The van der Waals surface area contributed by atoms with Crippen LogP contribution in [0.25, 0.3) is 0 Å². The van der Waals surface area contributed by atoms with Crippen LogP contribution in [0.3, 0.4) is 0 Å². The average Bonchev–Trinajstić information content (AvgIpc) is 2.42. The first-order valence-electron chi connectivity index (χ1n) is 6.41. The molecule has 0 aliphatic rings. The van der Waals surface area contributed by atoms with Gasteiger partial charge in [-0.05, 0) is 30.2 Å². The first kappa shape index (κ1) is 16.5. The molecule has 21 heavy (non-hydrogen) atoms. The van der Waals surface area contributed by atoms with Crippen LogP contribution >= 0.6 is 0 Å². The number of hydrogen-bond donors (Lipinski definition) is 3. The summed E-state index contributed by atoms with van der Waals surface area (Å²) in [6.07, 6.45) is 0. The van der Waals surface area contributed by atoms with E-state index in [1.165, 1.54) is 29.2 Å². The van der Waals surface area contributed by atoms with E-state index in [9.17, 15) is 14.4 Å². The molecule has 3 amide bonds. The smallest absolute Gasteiger partial charge is 0.335 e. The van der Waals surface area contributed by atoms with Crippen LogP contribution in [0.1, 0.15) is 24.2 Å². The highest BCUT2D eigenvalue weighted by atomic mass is 16.4. The van der Waals surface area contributed by atoms with E-state index in [1.54, 1.807) is 20.9 Å². The van der Waals surface area contributed by atoms with E-state index in [-0.39, 0.29) is 17.4 Å². The van der Waals surface area contributed by atoms with Gasteiger partial charge < -0.3 is 21.1 Å². The number of likely N-dealkylation sites (N-methyl/N-ethyl adjacent to an activating group) is 1. The molecule has 0 bridgehead atoms. The van der Waals surface area contributed by atoms with Crippen molar-refractivity contribution in [3.63, 3.8) is 0 Å². The van der Waals surface area contributed by atoms with E-state index in [4.69, 9.17) is 10.8 Å². The summed E-state index contributed by atoms with van der Waals surface area (Å²) in [5.41, 5.74) is 5.74. The maximum absolute atomic E-state index is 12.4. The van der Waals surface area contributed by atoms with Crippen LogP contribution in [0.15, 0.2) is 24.3 Å². The molecule has 0 radical (unpaired) electrons. The van der Waals surface area contributed by atoms with Gasteiger partial charge in [0.25, 0.3) is 0 Å². The summed E-state index contributed by atoms with van der Waals surface area (Å²) in [4.78, 5) is 35.5. The predicted octanol–water partition coefficient (Wildman–Crippen LogP) is 1.04. The van der Waals surface area contributed by atoms with E-state index in [0.717, 1.165) is 0 Å². The molecule has 114 valence electrons. The second-order valence-corrected chi connectivity index (χ2v) is 4.98. The van der Waals surface area contributed by atoms with Gasteiger partial charge in [0.05, 0.1) is 5.56 Å². The zero-order valence-electron chi connectivity index (χ0n) is 12.2. The van der Waals surface area contributed by atoms with Crippen LogP contribution in [0, 0.1) is 5.92 Å². The van der Waals surface area contributed by atoms with Crippen molar-refractivity contribution in [2.75, 3.05) is 11.9 Å². The summed E-state index contributed by atoms with van der Waals surface area (Å²) in [6.45, 7) is 3.58. The number of urea groups is 1. The number of primary amides is 1. The maximum atomic E-state index is 12.4. The van der Waals surface area contributed by atoms with E-state index >= 15 is 0 Å². The van der Waals surface area contributed by atoms with Crippen LogP contribution in [-0.2, 0) is 4.79 Å². The molecular weight excluding hydrogens is 274 g/mol. The number of benzene rings is 1. The van der Waals surface area contributed by atoms with Crippen molar-refractivity contribution < 1.29 is 19.5 Å². The van der Waals surface area contributed by atoms with Gasteiger partial charge in [0.1, 0.15) is 6.04 Å². The Bertz CT molecular complexity index is 540. The van der Waals surface area contributed by atoms with E-state index in [1.807, 2.05) is 0 Å². The van der Waals surface area contributed by atoms with E-state index < -0.39 is 18.0 Å². The highest BCUT2D eigenvalue weighted by Gasteiger charge is 2.27. The van der Waals surface area contributed by atoms with Crippen molar-refractivity contribution in [3.8, 4) is 0 Å². The minimum atomic E-state index is -1.04. The first-order valence-corrected chi connectivity index (χ1v) is 6.41. The van der Waals surface area contributed by atoms with Crippen LogP contribution in [-0.4, -0.2) is 36.1 Å². The molecule has 0 aromatic heterocycles. The van der Waals surface area contributed by atoms with Gasteiger partial charge in [-0.1, -0.05) is 13.8 Å². The van der Waals surface area contributed by atoms with Gasteiger partial charge in [-0.15, -0.1) is 0 Å². The first-order chi connectivity index (χ1) is 9.73. The molecule has 7 nitrogen and oxygen atoms in total. The number of nitrogens with one attached hydrogen (secondary N) is 1. The molecule has 0 spiro atoms. The molecule has 0 fully saturated rings. The Balaban J connectivity index is 2.94. The third-order valence-electron chi connectivity index (χ3n) is 3.06. The minimum absolute atomic E-state index is 0.134. The Morgan fingerprint density at radius 3 is 2.10 bits per heavy atom. The number of nitrogens with zero attached hydrogens (tertiary/aromatic N) is 1. The molecule has 0 saturated carbocycles. The van der Waals surface area contributed by atoms with Crippen LogP contribution in [0.5, 0.6) is 0 Å². The van der Waals surface area contributed by atoms with Crippen molar-refractivity contribution >= 4 is 23.6 Å². The minimum Gasteiger partial charge on any atom is -0.478 e. The largest absolute Gasteiger partial charge is 0.478 e. The van der Waals surface area contributed by atoms with Gasteiger partial charge in [0.15, 0.2) is 0 Å². The van der Waals surface area contributed by atoms with Crippen molar-refractivity contribution in [1.29, 1.82) is 0 Å². The molecule has 4 N–H and O–H groups in total. The van der Waals surface area contributed by atoms with Gasteiger partial charge in [0.2, 0.25) is 5.91 Å². The summed E-state index contributed by atoms with van der Waals surface area (Å²) in [5.74, 6) is -1.50. The highest BCUT2D eigenvalue weighted by Crippen LogP contribution is 2.16. The van der Waals surface area contributed by atoms with Gasteiger partial charge in [0, 0.05) is 12.7 Å². The molecule has 1 aromatic rings. The summed E-state index contributed by atoms with van der Waals surface area (Å²) in [7, 11) is 1.55. The zero-order chi connectivity index (χ0) is 16.2. The SMILES string of the molecule is CC(C)C(NC(N)=O)C(=O)N(C)c1ccc(C(=O)O)cc1. The molecular formula is C14H19N3O4. The third kappa shape index (κ3) is 4.20. The maximum Gasteiger partial charge on any atom is 0.335 e. The lowest BCUT2D eigenvalue weighted by molar-refractivity contribution is -0.121. The molecule has 1 unspecified atom stereocenters. The lowest BCUT2D eigenvalue weighted by Gasteiger charge is -2.26. The number of carboxylic acids is 1. The quantitative estimate of drug-likeness (QED) is 0.752. The van der Waals surface area contributed by atoms with Crippen molar-refractivity contribution in [2.24, 2.45) is 11.7 Å². The Morgan fingerprint density at radius 1 is 1.19 bits per heavy atom. The van der Waals surface area contributed by atoms with Gasteiger partial charge in [-0.25, -0.2) is 9.59 Å². The fourth-order valence-electron chi connectivity index (χ4n) is 1.83. The van der Waals surface area contributed by atoms with Crippen LogP contribution in [0.4, 0.5) is 10.5 Å². The molecule has 0 heterocycles. The Kier molecular flexibility index (Phi) is 5.29. The summed E-state index contributed by atoms with van der Waals surface area (Å²) < 4.78 is 0. The number of aromatic carboxylic acids is 1. The van der Waals surface area contributed by atoms with E-state index in [2.05, 4.69) is 5.32 Å². The lowest BCUT2D eigenvalue weighted by Crippen LogP contribution is -2.51. The third-order valence-corrected chi connectivity index (χ3v) is 3.06. The fourth-order valence-corrected chi connectivity index (χ4v) is 1.83. The molecule has 1 aromatic carbocycles. The second-order valence-electron chi connectivity index (χ2n) is 4.98. The topological polar surface area (TPSA) is 113 Å². The molecule has 1 atom stereocenters. The van der Waals surface area contributed by atoms with E-state index in [0.29, 0.717) is 5.69 Å². The normalized spacial score (nSPS) is 11.8. The average molecular weight is 293 g/mol. The Labute approximate surface area is 122 Å². The van der Waals surface area contributed by atoms with Gasteiger partial charge in [-0.2, -0.15) is 0 Å². The van der Waals surface area contributed by atoms with Gasteiger partial charge in [-0.3, -0.25) is 4.79 Å². The van der Waals surface area contributed by atoms with Crippen molar-refractivity contribution in [2.45, 2.75) is 19.9 Å². The number of carboxylic acid groups (broad SMARTS) is 1. The van der Waals surface area contributed by atoms with Crippen LogP contribution < -0.4 is 16.0 Å². The molecule has 1 rings (SSSR count). The number of carbonyl (C=O) groups excluding carboxylic acids is 2. The van der Waals surface area contributed by atoms with Crippen molar-refractivity contribution in [3.05, 3.63) is 29.8 Å². The Morgan fingerprint density at radius 2 is 1.71 bits per heavy atom. The fraction of sp³-hybridized carbons (Fsp3) is 0.357. The predicted molar refractivity (Wildman–Crippen MR) is 78.2 cm³/mol. The lowest BCUT2D eigenvalue weighted by atomic mass is 10.0. The number of carbonyl (C=O) groups is 3. The monoisotopic (exact) mass is 293 g/mol. The van der Waals surface area contributed by atoms with Crippen molar-refractivity contribution in [1.82, 2.24) is 5.32 Å². The molecule has 0 aliphatic heterocycles. The number of amides is 3. The second kappa shape index (κ2) is 6.74. The number of anilines is 1. The molecule has 0 aliphatic carbocycles.